The molecule has 1 amide bonds. The number of aryl methyl sites for hydroxylation is 1. The van der Waals surface area contributed by atoms with E-state index in [0.29, 0.717) is 17.0 Å². The van der Waals surface area contributed by atoms with E-state index in [2.05, 4.69) is 53.0 Å². The molecule has 2 heterocycles. The summed E-state index contributed by atoms with van der Waals surface area (Å²) in [6.45, 7) is 9.35. The number of hydrogen-bond acceptors (Lipinski definition) is 5. The molecule has 1 aliphatic rings. The Labute approximate surface area is 175 Å². The molecule has 3 aromatic rings. The van der Waals surface area contributed by atoms with E-state index < -0.39 is 0 Å². The molecule has 2 aromatic heterocycles. The molecule has 6 nitrogen and oxygen atoms in total. The first-order valence-corrected chi connectivity index (χ1v) is 11.5. The summed E-state index contributed by atoms with van der Waals surface area (Å²) in [5, 5.41) is 13.4. The number of para-hydroxylation sites is 1. The molecule has 4 atom stereocenters. The number of hydrogen-bond donors (Lipinski definition) is 1. The van der Waals surface area contributed by atoms with E-state index in [9.17, 15) is 4.79 Å². The standard InChI is InChI=1S/C22H29N5OS/c1-5-27-18-12-7-6-10-16(18)19-20(27)24-22(26-25-19)29-15(4)21(28)23-17-11-8-9-13(2)14(17)3/h6-7,10,12-15,17H,5,8-9,11H2,1-4H3,(H,23,28)/t13-,14-,15+,17-/m0/s1. The lowest BCUT2D eigenvalue weighted by atomic mass is 9.78. The van der Waals surface area contributed by atoms with Gasteiger partial charge < -0.3 is 9.88 Å². The molecule has 0 unspecified atom stereocenters. The zero-order valence-corrected chi connectivity index (χ0v) is 18.4. The zero-order valence-electron chi connectivity index (χ0n) is 17.6. The number of rotatable bonds is 5. The molecule has 0 saturated heterocycles. The maximum atomic E-state index is 12.8. The fourth-order valence-electron chi connectivity index (χ4n) is 4.36. The Morgan fingerprint density at radius 2 is 2.07 bits per heavy atom. The predicted octanol–water partition coefficient (Wildman–Crippen LogP) is 4.42. The van der Waals surface area contributed by atoms with Gasteiger partial charge in [-0.05, 0) is 38.2 Å². The minimum atomic E-state index is -0.266. The molecule has 1 saturated carbocycles. The number of nitrogens with zero attached hydrogens (tertiary/aromatic N) is 4. The predicted molar refractivity (Wildman–Crippen MR) is 118 cm³/mol. The molecule has 7 heteroatoms. The summed E-state index contributed by atoms with van der Waals surface area (Å²) in [4.78, 5) is 17.5. The number of thioether (sulfide) groups is 1. The maximum absolute atomic E-state index is 12.8. The van der Waals surface area contributed by atoms with Gasteiger partial charge in [0.05, 0.1) is 10.8 Å². The van der Waals surface area contributed by atoms with E-state index in [4.69, 9.17) is 4.98 Å². The van der Waals surface area contributed by atoms with Crippen LogP contribution < -0.4 is 5.32 Å². The summed E-state index contributed by atoms with van der Waals surface area (Å²) in [6, 6.07) is 8.42. The molecule has 29 heavy (non-hydrogen) atoms. The van der Waals surface area contributed by atoms with Gasteiger partial charge in [-0.3, -0.25) is 4.79 Å². The Kier molecular flexibility index (Phi) is 5.76. The maximum Gasteiger partial charge on any atom is 0.233 e. The lowest BCUT2D eigenvalue weighted by Crippen LogP contribution is -2.46. The first-order valence-electron chi connectivity index (χ1n) is 10.6. The van der Waals surface area contributed by atoms with Crippen LogP contribution >= 0.6 is 11.8 Å². The van der Waals surface area contributed by atoms with Gasteiger partial charge >= 0.3 is 0 Å². The topological polar surface area (TPSA) is 72.7 Å². The number of carbonyl (C=O) groups excluding carboxylic acids is 1. The molecular formula is C22H29N5OS. The van der Waals surface area contributed by atoms with Crippen LogP contribution in [0.5, 0.6) is 0 Å². The Balaban J connectivity index is 1.52. The van der Waals surface area contributed by atoms with Gasteiger partial charge in [0.25, 0.3) is 0 Å². The molecule has 4 rings (SSSR count). The third kappa shape index (κ3) is 3.84. The molecule has 0 bridgehead atoms. The fourth-order valence-corrected chi connectivity index (χ4v) is 5.08. The highest BCUT2D eigenvalue weighted by Gasteiger charge is 2.29. The van der Waals surface area contributed by atoms with E-state index in [-0.39, 0.29) is 17.2 Å². The van der Waals surface area contributed by atoms with Crippen molar-refractivity contribution in [2.75, 3.05) is 0 Å². The highest BCUT2D eigenvalue weighted by molar-refractivity contribution is 8.00. The number of amides is 1. The first kappa shape index (κ1) is 20.1. The molecular weight excluding hydrogens is 382 g/mol. The second-order valence-corrected chi connectivity index (χ2v) is 9.48. The smallest absolute Gasteiger partial charge is 0.233 e. The van der Waals surface area contributed by atoms with Gasteiger partial charge in [-0.1, -0.05) is 56.7 Å². The van der Waals surface area contributed by atoms with Crippen molar-refractivity contribution in [3.63, 3.8) is 0 Å². The van der Waals surface area contributed by atoms with Gasteiger partial charge in [0.1, 0.15) is 5.52 Å². The second-order valence-electron chi connectivity index (χ2n) is 8.17. The largest absolute Gasteiger partial charge is 0.352 e. The average molecular weight is 412 g/mol. The summed E-state index contributed by atoms with van der Waals surface area (Å²) in [6.07, 6.45) is 3.50. The van der Waals surface area contributed by atoms with Crippen molar-refractivity contribution in [1.29, 1.82) is 0 Å². The SMILES string of the molecule is CCn1c2ccccc2c2nnc(S[C@H](C)C(=O)N[C@H]3CCC[C@H](C)[C@@H]3C)nc21. The first-order chi connectivity index (χ1) is 14.0. The minimum Gasteiger partial charge on any atom is -0.352 e. The van der Waals surface area contributed by atoms with Crippen molar-refractivity contribution < 1.29 is 4.79 Å². The van der Waals surface area contributed by atoms with Gasteiger partial charge in [-0.2, -0.15) is 0 Å². The van der Waals surface area contributed by atoms with Crippen LogP contribution in [0.3, 0.4) is 0 Å². The molecule has 0 spiro atoms. The fraction of sp³-hybridized carbons (Fsp3) is 0.545. The summed E-state index contributed by atoms with van der Waals surface area (Å²) < 4.78 is 2.15. The van der Waals surface area contributed by atoms with Crippen molar-refractivity contribution in [3.05, 3.63) is 24.3 Å². The molecule has 1 aliphatic carbocycles. The Morgan fingerprint density at radius 3 is 2.86 bits per heavy atom. The lowest BCUT2D eigenvalue weighted by Gasteiger charge is -2.35. The third-order valence-corrected chi connectivity index (χ3v) is 7.31. The van der Waals surface area contributed by atoms with Crippen molar-refractivity contribution in [3.8, 4) is 0 Å². The van der Waals surface area contributed by atoms with Gasteiger partial charge in [-0.15, -0.1) is 10.2 Å². The Morgan fingerprint density at radius 1 is 1.28 bits per heavy atom. The van der Waals surface area contributed by atoms with Crippen LogP contribution in [0.1, 0.15) is 47.0 Å². The highest BCUT2D eigenvalue weighted by Crippen LogP contribution is 2.31. The van der Waals surface area contributed by atoms with Crippen molar-refractivity contribution in [2.24, 2.45) is 11.8 Å². The van der Waals surface area contributed by atoms with E-state index in [1.165, 1.54) is 24.6 Å². The summed E-state index contributed by atoms with van der Waals surface area (Å²) in [7, 11) is 0. The van der Waals surface area contributed by atoms with Crippen LogP contribution in [0.25, 0.3) is 22.1 Å². The minimum absolute atomic E-state index is 0.0562. The van der Waals surface area contributed by atoms with Gasteiger partial charge in [0.15, 0.2) is 5.65 Å². The van der Waals surface area contributed by atoms with Crippen LogP contribution in [0.15, 0.2) is 29.4 Å². The third-order valence-electron chi connectivity index (χ3n) is 6.36. The van der Waals surface area contributed by atoms with Crippen LogP contribution in [0, 0.1) is 11.8 Å². The van der Waals surface area contributed by atoms with E-state index >= 15 is 0 Å². The average Bonchev–Trinajstić information content (AvgIpc) is 3.04. The second kappa shape index (κ2) is 8.30. The molecule has 1 fully saturated rings. The number of nitrogens with one attached hydrogen (secondary N) is 1. The van der Waals surface area contributed by atoms with Gasteiger partial charge in [-0.25, -0.2) is 4.98 Å². The molecule has 154 valence electrons. The molecule has 1 N–H and O–H groups in total. The molecule has 0 radical (unpaired) electrons. The van der Waals surface area contributed by atoms with E-state index in [1.807, 2.05) is 19.1 Å². The molecule has 1 aromatic carbocycles. The quantitative estimate of drug-likeness (QED) is 0.629. The molecule has 0 aliphatic heterocycles. The van der Waals surface area contributed by atoms with E-state index in [0.717, 1.165) is 35.0 Å². The van der Waals surface area contributed by atoms with Crippen molar-refractivity contribution in [2.45, 2.75) is 70.0 Å². The van der Waals surface area contributed by atoms with Crippen LogP contribution in [0.2, 0.25) is 0 Å². The van der Waals surface area contributed by atoms with Crippen LogP contribution in [0.4, 0.5) is 0 Å². The van der Waals surface area contributed by atoms with Gasteiger partial charge in [0.2, 0.25) is 11.1 Å². The Hall–Kier alpha value is -2.15. The summed E-state index contributed by atoms with van der Waals surface area (Å²) in [5.41, 5.74) is 2.75. The number of carbonyl (C=O) groups is 1. The number of aromatic nitrogens is 4. The monoisotopic (exact) mass is 411 g/mol. The van der Waals surface area contributed by atoms with Crippen LogP contribution in [-0.4, -0.2) is 36.9 Å². The highest BCUT2D eigenvalue weighted by atomic mass is 32.2. The number of fused-ring (bicyclic) bond motifs is 3. The van der Waals surface area contributed by atoms with Crippen molar-refractivity contribution >= 4 is 39.7 Å². The number of benzene rings is 1. The summed E-state index contributed by atoms with van der Waals surface area (Å²) >= 11 is 1.38. The van der Waals surface area contributed by atoms with Gasteiger partial charge in [0, 0.05) is 18.0 Å². The van der Waals surface area contributed by atoms with Crippen molar-refractivity contribution in [1.82, 2.24) is 25.1 Å². The Bertz CT molecular complexity index is 1030. The normalized spacial score (nSPS) is 23.4. The zero-order chi connectivity index (χ0) is 20.5. The summed E-state index contributed by atoms with van der Waals surface area (Å²) in [5.74, 6) is 1.23. The van der Waals surface area contributed by atoms with Crippen LogP contribution in [-0.2, 0) is 11.3 Å². The van der Waals surface area contributed by atoms with E-state index in [1.54, 1.807) is 0 Å². The lowest BCUT2D eigenvalue weighted by molar-refractivity contribution is -0.121.